The molecule has 1 aromatic carbocycles. The second kappa shape index (κ2) is 7.89. The van der Waals surface area contributed by atoms with E-state index in [2.05, 4.69) is 5.10 Å². The molecule has 0 aliphatic carbocycles. The summed E-state index contributed by atoms with van der Waals surface area (Å²) < 4.78 is 27.1. The van der Waals surface area contributed by atoms with Crippen LogP contribution in [0.25, 0.3) is 0 Å². The van der Waals surface area contributed by atoms with E-state index in [9.17, 15) is 19.5 Å². The minimum atomic E-state index is -2.95. The Bertz CT molecular complexity index is 854. The van der Waals surface area contributed by atoms with E-state index in [0.717, 1.165) is 10.7 Å². The fourth-order valence-corrected chi connectivity index (χ4v) is 2.54. The second-order valence-electron chi connectivity index (χ2n) is 5.02. The monoisotopic (exact) mass is 384 g/mol. The van der Waals surface area contributed by atoms with E-state index in [1.807, 2.05) is 0 Å². The van der Waals surface area contributed by atoms with Crippen LogP contribution in [0.4, 0.5) is 5.82 Å². The lowest BCUT2D eigenvalue weighted by atomic mass is 10.2. The van der Waals surface area contributed by atoms with Gasteiger partial charge in [-0.3, -0.25) is 4.79 Å². The first-order chi connectivity index (χ1) is 12.3. The summed E-state index contributed by atoms with van der Waals surface area (Å²) in [6.07, 6.45) is 0. The van der Waals surface area contributed by atoms with Crippen LogP contribution in [0.1, 0.15) is 23.0 Å². The van der Waals surface area contributed by atoms with E-state index in [-0.39, 0.29) is 35.3 Å². The number of carbonyl (C=O) groups is 1. The normalized spacial score (nSPS) is 11.0. The van der Waals surface area contributed by atoms with Gasteiger partial charge in [0, 0.05) is 17.1 Å². The van der Waals surface area contributed by atoms with Gasteiger partial charge >= 0.3 is 14.1 Å². The van der Waals surface area contributed by atoms with E-state index < -0.39 is 19.0 Å². The van der Waals surface area contributed by atoms with Crippen molar-refractivity contribution in [1.29, 1.82) is 0 Å². The molecule has 0 aliphatic heterocycles. The number of ether oxygens (including phenoxy) is 2. The first-order valence-electron chi connectivity index (χ1n) is 7.09. The molecule has 2 aromatic rings. The van der Waals surface area contributed by atoms with Gasteiger partial charge in [0.25, 0.3) is 5.75 Å². The Hall–Kier alpha value is -3.04. The summed E-state index contributed by atoms with van der Waals surface area (Å²) in [6.45, 7) is 1.19. The zero-order chi connectivity index (χ0) is 19.4. The van der Waals surface area contributed by atoms with Crippen LogP contribution in [0.2, 0.25) is 0 Å². The minimum absolute atomic E-state index is 0.0344. The molecule has 12 heteroatoms. The van der Waals surface area contributed by atoms with Crippen LogP contribution >= 0.6 is 8.25 Å². The summed E-state index contributed by atoms with van der Waals surface area (Å²) >= 11 is 0. The quantitative estimate of drug-likeness (QED) is 0.313. The summed E-state index contributed by atoms with van der Waals surface area (Å²) in [5, 5.41) is 15.1. The summed E-state index contributed by atoms with van der Waals surface area (Å²) in [6, 6.07) is 4.00. The molecule has 26 heavy (non-hydrogen) atoms. The number of benzene rings is 1. The lowest BCUT2D eigenvalue weighted by molar-refractivity contribution is -0.392. The zero-order valence-electron chi connectivity index (χ0n) is 14.0. The van der Waals surface area contributed by atoms with Gasteiger partial charge in [0.05, 0.1) is 20.3 Å². The van der Waals surface area contributed by atoms with Gasteiger partial charge < -0.3 is 19.6 Å². The van der Waals surface area contributed by atoms with Crippen molar-refractivity contribution < 1.29 is 33.2 Å². The maximum absolute atomic E-state index is 11.4. The van der Waals surface area contributed by atoms with E-state index in [0.29, 0.717) is 5.56 Å². The molecule has 1 aromatic heterocycles. The molecule has 0 spiro atoms. The van der Waals surface area contributed by atoms with Crippen LogP contribution in [-0.4, -0.2) is 39.6 Å². The zero-order valence-corrected chi connectivity index (χ0v) is 14.9. The largest absolute Gasteiger partial charge is 0.747 e. The van der Waals surface area contributed by atoms with Gasteiger partial charge in [0.1, 0.15) is 6.54 Å². The van der Waals surface area contributed by atoms with Crippen molar-refractivity contribution in [2.45, 2.75) is 13.5 Å². The van der Waals surface area contributed by atoms with Gasteiger partial charge in [-0.25, -0.2) is 4.52 Å². The Morgan fingerprint density at radius 3 is 2.31 bits per heavy atom. The first-order valence-corrected chi connectivity index (χ1v) is 8.22. The molecule has 11 nitrogen and oxygen atoms in total. The summed E-state index contributed by atoms with van der Waals surface area (Å²) in [5.74, 6) is -0.650. The molecular formula is C14H15N3O8P+. The lowest BCUT2D eigenvalue weighted by Crippen LogP contribution is -2.07. The van der Waals surface area contributed by atoms with Gasteiger partial charge in [-0.2, -0.15) is 0 Å². The average Bonchev–Trinajstić information content (AvgIpc) is 2.99. The topological polar surface area (TPSA) is 143 Å². The van der Waals surface area contributed by atoms with Crippen LogP contribution < -0.4 is 14.0 Å². The molecule has 0 saturated carbocycles. The molecule has 1 heterocycles. The number of nitrogens with zero attached hydrogens (tertiary/aromatic N) is 3. The molecule has 0 amide bonds. The molecule has 0 radical (unpaired) electrons. The van der Waals surface area contributed by atoms with Crippen molar-refractivity contribution in [3.63, 3.8) is 0 Å². The van der Waals surface area contributed by atoms with Crippen molar-refractivity contribution in [3.8, 4) is 17.2 Å². The van der Waals surface area contributed by atoms with Crippen LogP contribution in [-0.2, 0) is 11.1 Å². The van der Waals surface area contributed by atoms with Gasteiger partial charge in [0.2, 0.25) is 0 Å². The molecule has 0 aliphatic rings. The number of hydrogen-bond acceptors (Lipinski definition) is 8. The fourth-order valence-electron chi connectivity index (χ4n) is 2.21. The van der Waals surface area contributed by atoms with Crippen molar-refractivity contribution >= 4 is 19.9 Å². The predicted octanol–water partition coefficient (Wildman–Crippen LogP) is 2.09. The van der Waals surface area contributed by atoms with Crippen LogP contribution in [0.5, 0.6) is 17.2 Å². The smallest absolute Gasteiger partial charge is 0.492 e. The molecule has 0 saturated heterocycles. The number of Topliss-reactive ketones (excluding diaryl/α,β-unsaturated/α-hetero) is 1. The molecule has 0 bridgehead atoms. The Morgan fingerprint density at radius 1 is 1.31 bits per heavy atom. The highest BCUT2D eigenvalue weighted by Gasteiger charge is 2.26. The van der Waals surface area contributed by atoms with Gasteiger partial charge in [0.15, 0.2) is 23.0 Å². The number of carbonyl (C=O) groups excluding carboxylic acids is 1. The summed E-state index contributed by atoms with van der Waals surface area (Å²) in [5.41, 5.74) is 0.438. The van der Waals surface area contributed by atoms with E-state index in [4.69, 9.17) is 18.9 Å². The van der Waals surface area contributed by atoms with E-state index in [1.54, 1.807) is 0 Å². The molecule has 1 unspecified atom stereocenters. The third-order valence-corrected chi connectivity index (χ3v) is 3.67. The van der Waals surface area contributed by atoms with Crippen molar-refractivity contribution in [3.05, 3.63) is 39.6 Å². The standard InChI is InChI=1S/C14H14N3O8P/c1-8(18)10-6-13(17(19)20)16(15-10)7-9-4-11(23-2)14(25-26(21)22)12(5-9)24-3/h4-6H,7H2,1-3H3/p+1. The first kappa shape index (κ1) is 19.3. The number of rotatable bonds is 8. The average molecular weight is 384 g/mol. The van der Waals surface area contributed by atoms with Gasteiger partial charge in [-0.1, -0.05) is 5.10 Å². The highest BCUT2D eigenvalue weighted by atomic mass is 31.1. The maximum atomic E-state index is 11.4. The number of ketones is 1. The maximum Gasteiger partial charge on any atom is 0.747 e. The molecule has 138 valence electrons. The number of hydrogen-bond donors (Lipinski definition) is 1. The lowest BCUT2D eigenvalue weighted by Gasteiger charge is -2.10. The Labute approximate surface area is 148 Å². The van der Waals surface area contributed by atoms with Crippen molar-refractivity contribution in [2.24, 2.45) is 0 Å². The highest BCUT2D eigenvalue weighted by Crippen LogP contribution is 2.42. The summed E-state index contributed by atoms with van der Waals surface area (Å²) in [7, 11) is -0.311. The van der Waals surface area contributed by atoms with Crippen LogP contribution in [0.15, 0.2) is 18.2 Å². The fraction of sp³-hybridized carbons (Fsp3) is 0.286. The second-order valence-corrected chi connectivity index (χ2v) is 5.68. The van der Waals surface area contributed by atoms with Crippen LogP contribution in [0.3, 0.4) is 0 Å². The number of methoxy groups -OCH3 is 2. The highest BCUT2D eigenvalue weighted by molar-refractivity contribution is 7.32. The van der Waals surface area contributed by atoms with Crippen molar-refractivity contribution in [2.75, 3.05) is 14.2 Å². The molecular weight excluding hydrogens is 369 g/mol. The van der Waals surface area contributed by atoms with E-state index >= 15 is 0 Å². The van der Waals surface area contributed by atoms with Crippen LogP contribution in [0, 0.1) is 10.1 Å². The molecule has 2 rings (SSSR count). The SMILES string of the molecule is COc1cc(Cn2nc(C(C)=O)cc2[N+](=O)[O-])cc(OC)c1O[P+](=O)O. The molecule has 1 atom stereocenters. The third-order valence-electron chi connectivity index (χ3n) is 3.33. The van der Waals surface area contributed by atoms with Gasteiger partial charge in [-0.15, -0.1) is 9.58 Å². The minimum Gasteiger partial charge on any atom is -0.492 e. The Morgan fingerprint density at radius 2 is 1.88 bits per heavy atom. The van der Waals surface area contributed by atoms with Crippen molar-refractivity contribution in [1.82, 2.24) is 9.78 Å². The number of nitro groups is 1. The van der Waals surface area contributed by atoms with E-state index in [1.165, 1.54) is 33.3 Å². The molecule has 1 N–H and O–H groups in total. The Balaban J connectivity index is 2.49. The predicted molar refractivity (Wildman–Crippen MR) is 88.0 cm³/mol. The Kier molecular flexibility index (Phi) is 5.86. The number of aromatic nitrogens is 2. The third kappa shape index (κ3) is 4.13. The van der Waals surface area contributed by atoms with Gasteiger partial charge in [-0.05, 0) is 17.1 Å². The molecule has 0 fully saturated rings. The summed E-state index contributed by atoms with van der Waals surface area (Å²) in [4.78, 5) is 30.9.